The van der Waals surface area contributed by atoms with Gasteiger partial charge in [0.25, 0.3) is 0 Å². The summed E-state index contributed by atoms with van der Waals surface area (Å²) in [5.74, 6) is 0. The predicted octanol–water partition coefficient (Wildman–Crippen LogP) is 3.79. The number of likely N-dealkylation sites (tertiary alicyclic amines) is 1. The molecule has 1 unspecified atom stereocenters. The minimum atomic E-state index is 0.308. The Morgan fingerprint density at radius 3 is 2.90 bits per heavy atom. The van der Waals surface area contributed by atoms with Crippen molar-refractivity contribution in [3.8, 4) is 0 Å². The highest BCUT2D eigenvalue weighted by Crippen LogP contribution is 2.21. The van der Waals surface area contributed by atoms with Crippen LogP contribution in [0.5, 0.6) is 0 Å². The first-order valence-electron chi connectivity index (χ1n) is 7.13. The van der Waals surface area contributed by atoms with Gasteiger partial charge >= 0.3 is 0 Å². The van der Waals surface area contributed by atoms with Gasteiger partial charge in [-0.05, 0) is 51.1 Å². The number of hydrogen-bond donors (Lipinski definition) is 1. The van der Waals surface area contributed by atoms with Crippen molar-refractivity contribution in [1.82, 2.24) is 19.4 Å². The van der Waals surface area contributed by atoms with Gasteiger partial charge in [0.1, 0.15) is 0 Å². The topological polar surface area (TPSA) is 36.9 Å². The van der Waals surface area contributed by atoms with E-state index < -0.39 is 0 Å². The van der Waals surface area contributed by atoms with Crippen LogP contribution in [0, 0.1) is 4.77 Å². The number of nitrogens with one attached hydrogen (secondary N) is 1. The molecule has 4 nitrogen and oxygen atoms in total. The van der Waals surface area contributed by atoms with Crippen LogP contribution in [0.2, 0.25) is 5.02 Å². The fraction of sp³-hybridized carbons (Fsp3) is 0.571. The molecule has 0 bridgehead atoms. The molecule has 3 heterocycles. The first-order chi connectivity index (χ1) is 9.65. The number of rotatable bonds is 3. The van der Waals surface area contributed by atoms with E-state index in [2.05, 4.69) is 26.4 Å². The van der Waals surface area contributed by atoms with Gasteiger partial charge in [-0.2, -0.15) is 0 Å². The van der Waals surface area contributed by atoms with Crippen molar-refractivity contribution in [2.45, 2.75) is 32.2 Å². The quantitative estimate of drug-likeness (QED) is 0.876. The molecular weight excluding hydrogens is 292 g/mol. The molecule has 1 atom stereocenters. The van der Waals surface area contributed by atoms with Crippen molar-refractivity contribution in [3.63, 3.8) is 0 Å². The third kappa shape index (κ3) is 2.75. The molecule has 108 valence electrons. The first-order valence-corrected chi connectivity index (χ1v) is 7.92. The molecule has 0 saturated carbocycles. The molecule has 0 spiro atoms. The van der Waals surface area contributed by atoms with E-state index in [0.29, 0.717) is 11.1 Å². The van der Waals surface area contributed by atoms with E-state index in [9.17, 15) is 0 Å². The summed E-state index contributed by atoms with van der Waals surface area (Å²) in [6.45, 7) is 5.61. The van der Waals surface area contributed by atoms with E-state index >= 15 is 0 Å². The molecule has 0 amide bonds. The van der Waals surface area contributed by atoms with E-state index in [0.717, 1.165) is 22.5 Å². The average molecular weight is 311 g/mol. The van der Waals surface area contributed by atoms with Crippen LogP contribution in [0.3, 0.4) is 0 Å². The van der Waals surface area contributed by atoms with Gasteiger partial charge in [-0.15, -0.1) is 0 Å². The molecule has 1 aliphatic rings. The van der Waals surface area contributed by atoms with Gasteiger partial charge in [-0.25, -0.2) is 4.98 Å². The summed E-state index contributed by atoms with van der Waals surface area (Å²) < 4.78 is 2.83. The zero-order valence-electron chi connectivity index (χ0n) is 11.6. The normalized spacial score (nSPS) is 18.5. The lowest BCUT2D eigenvalue weighted by Gasteiger charge is -2.29. The van der Waals surface area contributed by atoms with Crippen LogP contribution in [-0.4, -0.2) is 39.1 Å². The highest BCUT2D eigenvalue weighted by atomic mass is 35.5. The van der Waals surface area contributed by atoms with Crippen LogP contribution in [0.25, 0.3) is 11.2 Å². The summed E-state index contributed by atoms with van der Waals surface area (Å²) in [5, 5.41) is 0.629. The van der Waals surface area contributed by atoms with Gasteiger partial charge in [-0.3, -0.25) is 4.57 Å². The van der Waals surface area contributed by atoms with E-state index in [1.54, 1.807) is 6.20 Å². The fourth-order valence-corrected chi connectivity index (χ4v) is 3.53. The van der Waals surface area contributed by atoms with Crippen LogP contribution in [0.1, 0.15) is 32.2 Å². The molecular formula is C14H19ClN4S. The Morgan fingerprint density at radius 1 is 1.40 bits per heavy atom. The van der Waals surface area contributed by atoms with Crippen LogP contribution >= 0.6 is 23.8 Å². The lowest BCUT2D eigenvalue weighted by molar-refractivity contribution is 0.202. The number of pyridine rings is 1. The molecule has 1 N–H and O–H groups in total. The third-order valence-corrected chi connectivity index (χ3v) is 4.44. The lowest BCUT2D eigenvalue weighted by atomic mass is 10.1. The van der Waals surface area contributed by atoms with Gasteiger partial charge in [-0.1, -0.05) is 18.0 Å². The Kier molecular flexibility index (Phi) is 4.10. The molecule has 6 heteroatoms. The van der Waals surface area contributed by atoms with E-state index in [4.69, 9.17) is 23.8 Å². The van der Waals surface area contributed by atoms with Gasteiger partial charge < -0.3 is 9.88 Å². The van der Waals surface area contributed by atoms with Gasteiger partial charge in [0.2, 0.25) is 0 Å². The minimum absolute atomic E-state index is 0.308. The zero-order valence-corrected chi connectivity index (χ0v) is 13.2. The van der Waals surface area contributed by atoms with Gasteiger partial charge in [0.15, 0.2) is 10.4 Å². The van der Waals surface area contributed by atoms with Crippen molar-refractivity contribution in [2.75, 3.05) is 19.6 Å². The van der Waals surface area contributed by atoms with Crippen LogP contribution in [-0.2, 0) is 0 Å². The van der Waals surface area contributed by atoms with Crippen molar-refractivity contribution >= 4 is 35.0 Å². The predicted molar refractivity (Wildman–Crippen MR) is 84.9 cm³/mol. The van der Waals surface area contributed by atoms with E-state index in [1.807, 2.05) is 6.07 Å². The van der Waals surface area contributed by atoms with Gasteiger partial charge in [0.05, 0.1) is 10.5 Å². The zero-order chi connectivity index (χ0) is 14.1. The number of halogens is 1. The Bertz CT molecular complexity index is 657. The van der Waals surface area contributed by atoms with Crippen molar-refractivity contribution in [1.29, 1.82) is 0 Å². The first kappa shape index (κ1) is 14.0. The molecule has 2 aromatic heterocycles. The summed E-state index contributed by atoms with van der Waals surface area (Å²) in [5.41, 5.74) is 1.80. The number of piperidine rings is 1. The second-order valence-electron chi connectivity index (χ2n) is 5.54. The SMILES string of the molecule is CC(CN1CCCCC1)n1c(=S)[nH]c2cc(Cl)cnc21. The summed E-state index contributed by atoms with van der Waals surface area (Å²) >= 11 is 11.4. The maximum atomic E-state index is 5.98. The summed E-state index contributed by atoms with van der Waals surface area (Å²) in [4.78, 5) is 10.1. The van der Waals surface area contributed by atoms with Crippen molar-refractivity contribution < 1.29 is 0 Å². The Hall–Kier alpha value is -0.910. The number of H-pyrrole nitrogens is 1. The summed E-state index contributed by atoms with van der Waals surface area (Å²) in [6, 6.07) is 2.19. The minimum Gasteiger partial charge on any atom is -0.329 e. The van der Waals surface area contributed by atoms with Crippen LogP contribution < -0.4 is 0 Å². The standard InChI is InChI=1S/C14H19ClN4S/c1-10(9-18-5-3-2-4-6-18)19-13-12(17-14(19)20)7-11(15)8-16-13/h7-8,10H,2-6,9H2,1H3,(H,17,20). The maximum Gasteiger partial charge on any atom is 0.179 e. The Morgan fingerprint density at radius 2 is 2.15 bits per heavy atom. The monoisotopic (exact) mass is 310 g/mol. The maximum absolute atomic E-state index is 5.98. The second kappa shape index (κ2) is 5.84. The van der Waals surface area contributed by atoms with Crippen LogP contribution in [0.15, 0.2) is 12.3 Å². The highest BCUT2D eigenvalue weighted by molar-refractivity contribution is 7.71. The smallest absolute Gasteiger partial charge is 0.179 e. The van der Waals surface area contributed by atoms with Crippen LogP contribution in [0.4, 0.5) is 0 Å². The second-order valence-corrected chi connectivity index (χ2v) is 6.36. The molecule has 0 aromatic carbocycles. The number of hydrogen-bond acceptors (Lipinski definition) is 3. The number of aromatic amines is 1. The number of aromatic nitrogens is 3. The molecule has 2 aromatic rings. The summed E-state index contributed by atoms with van der Waals surface area (Å²) in [6.07, 6.45) is 5.65. The third-order valence-electron chi connectivity index (χ3n) is 3.93. The van der Waals surface area contributed by atoms with Crippen molar-refractivity contribution in [3.05, 3.63) is 22.1 Å². The van der Waals surface area contributed by atoms with E-state index in [-0.39, 0.29) is 0 Å². The Balaban J connectivity index is 1.88. The molecule has 0 aliphatic carbocycles. The molecule has 0 radical (unpaired) electrons. The fourth-order valence-electron chi connectivity index (χ4n) is 2.99. The molecule has 1 aliphatic heterocycles. The molecule has 1 saturated heterocycles. The lowest BCUT2D eigenvalue weighted by Crippen LogP contribution is -2.34. The molecule has 3 rings (SSSR count). The largest absolute Gasteiger partial charge is 0.329 e. The van der Waals surface area contributed by atoms with Gasteiger partial charge in [0, 0.05) is 18.8 Å². The highest BCUT2D eigenvalue weighted by Gasteiger charge is 2.17. The van der Waals surface area contributed by atoms with E-state index in [1.165, 1.54) is 32.4 Å². The van der Waals surface area contributed by atoms with Crippen molar-refractivity contribution in [2.24, 2.45) is 0 Å². The number of fused-ring (bicyclic) bond motifs is 1. The number of imidazole rings is 1. The number of nitrogens with zero attached hydrogens (tertiary/aromatic N) is 3. The average Bonchev–Trinajstić information content (AvgIpc) is 2.74. The molecule has 1 fully saturated rings. The molecule has 20 heavy (non-hydrogen) atoms. The summed E-state index contributed by atoms with van der Waals surface area (Å²) in [7, 11) is 0. The Labute approximate surface area is 128 Å².